The molecule has 0 bridgehead atoms. The fraction of sp³-hybridized carbons (Fsp3) is 0.625. The van der Waals surface area contributed by atoms with Crippen LogP contribution in [0.2, 0.25) is 5.02 Å². The molecule has 1 aliphatic heterocycles. The van der Waals surface area contributed by atoms with Crippen LogP contribution in [0.4, 0.5) is 10.6 Å². The maximum atomic E-state index is 12.1. The van der Waals surface area contributed by atoms with Gasteiger partial charge < -0.3 is 14.5 Å². The summed E-state index contributed by atoms with van der Waals surface area (Å²) >= 11 is 5.87. The van der Waals surface area contributed by atoms with Crippen LogP contribution in [-0.4, -0.2) is 47.8 Å². The van der Waals surface area contributed by atoms with Crippen LogP contribution in [0.1, 0.15) is 33.6 Å². The molecule has 1 aliphatic rings. The van der Waals surface area contributed by atoms with E-state index in [9.17, 15) is 4.79 Å². The monoisotopic (exact) mass is 325 g/mol. The molecule has 2 rings (SSSR count). The van der Waals surface area contributed by atoms with Gasteiger partial charge in [0.1, 0.15) is 11.4 Å². The van der Waals surface area contributed by atoms with Crippen molar-refractivity contribution < 1.29 is 9.53 Å². The molecule has 6 heteroatoms. The molecule has 0 unspecified atom stereocenters. The summed E-state index contributed by atoms with van der Waals surface area (Å²) < 4.78 is 5.42. The second kappa shape index (κ2) is 6.73. The van der Waals surface area contributed by atoms with E-state index < -0.39 is 5.60 Å². The van der Waals surface area contributed by atoms with E-state index in [-0.39, 0.29) is 6.09 Å². The lowest BCUT2D eigenvalue weighted by atomic mass is 10.0. The number of hydrogen-bond donors (Lipinski definition) is 0. The van der Waals surface area contributed by atoms with Gasteiger partial charge in [-0.1, -0.05) is 11.6 Å². The number of ether oxygens (including phenoxy) is 1. The van der Waals surface area contributed by atoms with Gasteiger partial charge in [0.15, 0.2) is 0 Å². The quantitative estimate of drug-likeness (QED) is 0.834. The van der Waals surface area contributed by atoms with E-state index in [2.05, 4.69) is 9.88 Å². The van der Waals surface area contributed by atoms with Gasteiger partial charge in [-0.25, -0.2) is 9.78 Å². The molecule has 1 aromatic rings. The average Bonchev–Trinajstić information content (AvgIpc) is 2.46. The summed E-state index contributed by atoms with van der Waals surface area (Å²) in [6, 6.07) is 4.13. The van der Waals surface area contributed by atoms with E-state index in [1.807, 2.05) is 40.0 Å². The molecule has 0 saturated carbocycles. The van der Waals surface area contributed by atoms with E-state index >= 15 is 0 Å². The lowest BCUT2D eigenvalue weighted by Gasteiger charge is -2.37. The largest absolute Gasteiger partial charge is 0.444 e. The van der Waals surface area contributed by atoms with Gasteiger partial charge in [-0.3, -0.25) is 0 Å². The van der Waals surface area contributed by atoms with Crippen LogP contribution in [0, 0.1) is 0 Å². The Bertz CT molecular complexity index is 505. The van der Waals surface area contributed by atoms with E-state index in [0.29, 0.717) is 24.2 Å². The van der Waals surface area contributed by atoms with Crippen LogP contribution in [0.5, 0.6) is 0 Å². The molecule has 0 aliphatic carbocycles. The van der Waals surface area contributed by atoms with Crippen LogP contribution < -0.4 is 4.90 Å². The number of carbonyl (C=O) groups excluding carboxylic acids is 1. The van der Waals surface area contributed by atoms with Gasteiger partial charge in [-0.15, -0.1) is 0 Å². The van der Waals surface area contributed by atoms with Crippen LogP contribution in [0.25, 0.3) is 0 Å². The maximum absolute atomic E-state index is 12.1. The van der Waals surface area contributed by atoms with Crippen molar-refractivity contribution in [2.24, 2.45) is 0 Å². The number of rotatable bonds is 2. The number of aromatic nitrogens is 1. The average molecular weight is 326 g/mol. The van der Waals surface area contributed by atoms with Crippen LogP contribution in [0.3, 0.4) is 0 Å². The minimum Gasteiger partial charge on any atom is -0.444 e. The smallest absolute Gasteiger partial charge is 0.410 e. The van der Waals surface area contributed by atoms with Crippen molar-refractivity contribution in [3.05, 3.63) is 23.4 Å². The molecule has 2 heterocycles. The first-order valence-corrected chi connectivity index (χ1v) is 7.96. The zero-order valence-electron chi connectivity index (χ0n) is 13.7. The Kier molecular flexibility index (Phi) is 5.16. The molecule has 1 fully saturated rings. The van der Waals surface area contributed by atoms with E-state index in [0.717, 1.165) is 18.7 Å². The lowest BCUT2D eigenvalue weighted by molar-refractivity contribution is 0.0205. The summed E-state index contributed by atoms with van der Waals surface area (Å²) in [5.41, 5.74) is -0.446. The number of likely N-dealkylation sites (tertiary alicyclic amines) is 1. The molecule has 0 atom stereocenters. The Morgan fingerprint density at radius 1 is 1.36 bits per heavy atom. The van der Waals surface area contributed by atoms with Gasteiger partial charge in [0.25, 0.3) is 0 Å². The van der Waals surface area contributed by atoms with E-state index in [4.69, 9.17) is 16.3 Å². The molecule has 0 aromatic carbocycles. The maximum Gasteiger partial charge on any atom is 0.410 e. The van der Waals surface area contributed by atoms with E-state index in [1.54, 1.807) is 11.1 Å². The number of halogens is 1. The molecule has 0 N–H and O–H groups in total. The highest BCUT2D eigenvalue weighted by Gasteiger charge is 2.28. The van der Waals surface area contributed by atoms with Gasteiger partial charge in [0.05, 0.1) is 5.02 Å². The molecule has 22 heavy (non-hydrogen) atoms. The van der Waals surface area contributed by atoms with Crippen molar-refractivity contribution in [1.29, 1.82) is 0 Å². The van der Waals surface area contributed by atoms with Crippen molar-refractivity contribution >= 4 is 23.5 Å². The van der Waals surface area contributed by atoms with Crippen molar-refractivity contribution in [3.8, 4) is 0 Å². The predicted octanol–water partition coefficient (Wildman–Crippen LogP) is 3.57. The third kappa shape index (κ3) is 4.50. The molecule has 1 amide bonds. The fourth-order valence-electron chi connectivity index (χ4n) is 2.53. The Hall–Kier alpha value is -1.49. The van der Waals surface area contributed by atoms with Crippen LogP contribution in [0.15, 0.2) is 18.3 Å². The topological polar surface area (TPSA) is 45.7 Å². The molecular formula is C16H24ClN3O2. The number of carbonyl (C=O) groups is 1. The van der Waals surface area contributed by atoms with E-state index in [1.165, 1.54) is 0 Å². The Labute approximate surface area is 137 Å². The Morgan fingerprint density at radius 3 is 2.50 bits per heavy atom. The third-order valence-corrected chi connectivity index (χ3v) is 3.96. The standard InChI is InChI=1S/C16H24ClN3O2/c1-16(2,3)22-15(21)20-9-7-13(8-10-20)19(4)14-6-5-12(17)11-18-14/h5-6,11,13H,7-10H2,1-4H3. The van der Waals surface area contributed by atoms with Crippen molar-refractivity contribution in [1.82, 2.24) is 9.88 Å². The highest BCUT2D eigenvalue weighted by atomic mass is 35.5. The summed E-state index contributed by atoms with van der Waals surface area (Å²) in [4.78, 5) is 20.3. The number of amides is 1. The minimum absolute atomic E-state index is 0.224. The molecular weight excluding hydrogens is 302 g/mol. The Morgan fingerprint density at radius 2 is 2.00 bits per heavy atom. The fourth-order valence-corrected chi connectivity index (χ4v) is 2.64. The van der Waals surface area contributed by atoms with Gasteiger partial charge in [-0.2, -0.15) is 0 Å². The van der Waals surface area contributed by atoms with Crippen molar-refractivity contribution in [3.63, 3.8) is 0 Å². The zero-order valence-corrected chi connectivity index (χ0v) is 14.4. The lowest BCUT2D eigenvalue weighted by Crippen LogP contribution is -2.47. The van der Waals surface area contributed by atoms with Crippen molar-refractivity contribution in [2.75, 3.05) is 25.0 Å². The second-order valence-electron chi connectivity index (χ2n) is 6.64. The predicted molar refractivity (Wildman–Crippen MR) is 88.5 cm³/mol. The molecule has 0 spiro atoms. The third-order valence-electron chi connectivity index (χ3n) is 3.74. The molecule has 0 radical (unpaired) electrons. The number of pyridine rings is 1. The Balaban J connectivity index is 1.89. The second-order valence-corrected chi connectivity index (χ2v) is 7.08. The summed E-state index contributed by atoms with van der Waals surface area (Å²) in [5.74, 6) is 0.903. The zero-order chi connectivity index (χ0) is 16.3. The first-order valence-electron chi connectivity index (χ1n) is 7.58. The molecule has 1 saturated heterocycles. The number of hydrogen-bond acceptors (Lipinski definition) is 4. The molecule has 122 valence electrons. The van der Waals surface area contributed by atoms with Crippen molar-refractivity contribution in [2.45, 2.75) is 45.3 Å². The minimum atomic E-state index is -0.446. The molecule has 1 aromatic heterocycles. The van der Waals surface area contributed by atoms with Gasteiger partial charge in [0, 0.05) is 32.4 Å². The molecule has 5 nitrogen and oxygen atoms in total. The van der Waals surface area contributed by atoms with Crippen LogP contribution >= 0.6 is 11.6 Å². The van der Waals surface area contributed by atoms with Gasteiger partial charge >= 0.3 is 6.09 Å². The van der Waals surface area contributed by atoms with Gasteiger partial charge in [0.2, 0.25) is 0 Å². The number of nitrogens with zero attached hydrogens (tertiary/aromatic N) is 3. The first kappa shape index (κ1) is 16.9. The highest BCUT2D eigenvalue weighted by molar-refractivity contribution is 6.30. The number of anilines is 1. The summed E-state index contributed by atoms with van der Waals surface area (Å²) in [6.07, 6.45) is 3.24. The summed E-state index contributed by atoms with van der Waals surface area (Å²) in [6.45, 7) is 7.07. The summed E-state index contributed by atoms with van der Waals surface area (Å²) in [5, 5.41) is 0.636. The number of piperidine rings is 1. The summed E-state index contributed by atoms with van der Waals surface area (Å²) in [7, 11) is 2.03. The SMILES string of the molecule is CN(c1ccc(Cl)cn1)C1CCN(C(=O)OC(C)(C)C)CC1. The van der Waals surface area contributed by atoms with Gasteiger partial charge in [-0.05, 0) is 45.7 Å². The van der Waals surface area contributed by atoms with Crippen LogP contribution in [-0.2, 0) is 4.74 Å². The first-order chi connectivity index (χ1) is 10.3. The normalized spacial score (nSPS) is 16.5. The highest BCUT2D eigenvalue weighted by Crippen LogP contribution is 2.22.